The summed E-state index contributed by atoms with van der Waals surface area (Å²) >= 11 is 0. The predicted octanol–water partition coefficient (Wildman–Crippen LogP) is 4.68. The van der Waals surface area contributed by atoms with Gasteiger partial charge < -0.3 is 5.11 Å². The Morgan fingerprint density at radius 3 is 2.38 bits per heavy atom. The monoisotopic (exact) mass is 218 g/mol. The number of aliphatic hydroxyl groups excluding tert-OH is 1. The van der Waals surface area contributed by atoms with Gasteiger partial charge in [-0.1, -0.05) is 38.5 Å². The maximum Gasteiger partial charge on any atom is 0.111 e. The highest BCUT2D eigenvalue weighted by Gasteiger charge is 2.43. The molecule has 1 saturated carbocycles. The van der Waals surface area contributed by atoms with Crippen molar-refractivity contribution in [1.29, 1.82) is 0 Å². The molecule has 2 rings (SSSR count). The van der Waals surface area contributed by atoms with Crippen LogP contribution in [0.15, 0.2) is 35.6 Å². The highest BCUT2D eigenvalue weighted by Crippen LogP contribution is 2.56. The molecule has 2 aliphatic carbocycles. The standard InChI is InChI=1S/C15H22O/c1-4-11(2)14-13(12(3)16)7-10-15(14)8-5-6-9-15/h16H,2-10H2,1H3. The molecule has 0 aromatic rings. The maximum absolute atomic E-state index is 9.72. The van der Waals surface area contributed by atoms with Crippen molar-refractivity contribution in [3.63, 3.8) is 0 Å². The van der Waals surface area contributed by atoms with E-state index in [2.05, 4.69) is 20.1 Å². The lowest BCUT2D eigenvalue weighted by atomic mass is 9.76. The minimum Gasteiger partial charge on any atom is -0.508 e. The van der Waals surface area contributed by atoms with Gasteiger partial charge in [-0.3, -0.25) is 0 Å². The van der Waals surface area contributed by atoms with Crippen LogP contribution in [-0.2, 0) is 0 Å². The Hall–Kier alpha value is -0.980. The number of hydrogen-bond donors (Lipinski definition) is 1. The van der Waals surface area contributed by atoms with Gasteiger partial charge in [0.05, 0.1) is 0 Å². The summed E-state index contributed by atoms with van der Waals surface area (Å²) in [5, 5.41) is 9.72. The average Bonchev–Trinajstić information content (AvgIpc) is 2.86. The first-order valence-electron chi connectivity index (χ1n) is 6.41. The summed E-state index contributed by atoms with van der Waals surface area (Å²) in [6.07, 6.45) is 8.36. The van der Waals surface area contributed by atoms with Gasteiger partial charge in [0.25, 0.3) is 0 Å². The van der Waals surface area contributed by atoms with Gasteiger partial charge in [-0.15, -0.1) is 0 Å². The summed E-state index contributed by atoms with van der Waals surface area (Å²) in [4.78, 5) is 0. The van der Waals surface area contributed by atoms with Gasteiger partial charge in [0.15, 0.2) is 0 Å². The number of allylic oxidation sites excluding steroid dienone is 3. The minimum atomic E-state index is 0.272. The molecule has 0 radical (unpaired) electrons. The molecular weight excluding hydrogens is 196 g/mol. The van der Waals surface area contributed by atoms with E-state index in [0.717, 1.165) is 18.4 Å². The van der Waals surface area contributed by atoms with E-state index >= 15 is 0 Å². The molecule has 0 saturated heterocycles. The van der Waals surface area contributed by atoms with E-state index in [4.69, 9.17) is 0 Å². The molecule has 0 aliphatic heterocycles. The van der Waals surface area contributed by atoms with Crippen molar-refractivity contribution in [2.24, 2.45) is 5.41 Å². The van der Waals surface area contributed by atoms with E-state index in [0.29, 0.717) is 5.41 Å². The van der Waals surface area contributed by atoms with Crippen LogP contribution in [0.3, 0.4) is 0 Å². The van der Waals surface area contributed by atoms with Crippen LogP contribution in [-0.4, -0.2) is 5.11 Å². The molecule has 1 heteroatoms. The molecular formula is C15H22O. The zero-order chi connectivity index (χ0) is 11.8. The zero-order valence-corrected chi connectivity index (χ0v) is 10.3. The van der Waals surface area contributed by atoms with Crippen molar-refractivity contribution in [2.75, 3.05) is 0 Å². The molecule has 0 amide bonds. The molecule has 88 valence electrons. The molecule has 0 atom stereocenters. The van der Waals surface area contributed by atoms with Gasteiger partial charge in [0.1, 0.15) is 5.76 Å². The van der Waals surface area contributed by atoms with E-state index in [1.165, 1.54) is 43.3 Å². The van der Waals surface area contributed by atoms with Crippen molar-refractivity contribution in [3.8, 4) is 0 Å². The second kappa shape index (κ2) is 4.12. The lowest BCUT2D eigenvalue weighted by Crippen LogP contribution is -2.16. The fourth-order valence-corrected chi connectivity index (χ4v) is 3.54. The molecule has 0 unspecified atom stereocenters. The Kier molecular flexibility index (Phi) is 2.96. The Morgan fingerprint density at radius 2 is 1.88 bits per heavy atom. The second-order valence-electron chi connectivity index (χ2n) is 5.24. The molecule has 1 N–H and O–H groups in total. The largest absolute Gasteiger partial charge is 0.508 e. The summed E-state index contributed by atoms with van der Waals surface area (Å²) in [7, 11) is 0. The van der Waals surface area contributed by atoms with Crippen LogP contribution in [0.5, 0.6) is 0 Å². The van der Waals surface area contributed by atoms with Crippen LogP contribution in [0.2, 0.25) is 0 Å². The third-order valence-corrected chi connectivity index (χ3v) is 4.37. The van der Waals surface area contributed by atoms with Crippen LogP contribution in [0, 0.1) is 5.41 Å². The lowest BCUT2D eigenvalue weighted by molar-refractivity contribution is 0.368. The third kappa shape index (κ3) is 1.63. The Bertz CT molecular complexity index is 354. The number of rotatable bonds is 3. The van der Waals surface area contributed by atoms with Gasteiger partial charge in [0.2, 0.25) is 0 Å². The van der Waals surface area contributed by atoms with Gasteiger partial charge in [-0.2, -0.15) is 0 Å². The van der Waals surface area contributed by atoms with Crippen LogP contribution in [0.4, 0.5) is 0 Å². The van der Waals surface area contributed by atoms with Crippen molar-refractivity contribution in [3.05, 3.63) is 35.6 Å². The highest BCUT2D eigenvalue weighted by atomic mass is 16.3. The molecule has 0 aromatic carbocycles. The summed E-state index contributed by atoms with van der Waals surface area (Å²) in [6.45, 7) is 10.1. The quantitative estimate of drug-likeness (QED) is 0.682. The molecule has 0 bridgehead atoms. The third-order valence-electron chi connectivity index (χ3n) is 4.37. The first kappa shape index (κ1) is 11.5. The average molecular weight is 218 g/mol. The van der Waals surface area contributed by atoms with E-state index in [-0.39, 0.29) is 5.76 Å². The van der Waals surface area contributed by atoms with Crippen LogP contribution < -0.4 is 0 Å². The molecule has 2 aliphatic rings. The fraction of sp³-hybridized carbons (Fsp3) is 0.600. The predicted molar refractivity (Wildman–Crippen MR) is 68.4 cm³/mol. The van der Waals surface area contributed by atoms with Gasteiger partial charge in [0, 0.05) is 0 Å². The molecule has 0 aromatic heterocycles. The molecule has 1 fully saturated rings. The lowest BCUT2D eigenvalue weighted by Gasteiger charge is -2.28. The normalized spacial score (nSPS) is 23.1. The molecule has 0 heterocycles. The van der Waals surface area contributed by atoms with Crippen molar-refractivity contribution in [2.45, 2.75) is 51.9 Å². The summed E-state index contributed by atoms with van der Waals surface area (Å²) in [5.41, 5.74) is 4.01. The van der Waals surface area contributed by atoms with Crippen molar-refractivity contribution in [1.82, 2.24) is 0 Å². The Morgan fingerprint density at radius 1 is 1.25 bits per heavy atom. The maximum atomic E-state index is 9.72. The molecule has 1 nitrogen and oxygen atoms in total. The number of aliphatic hydroxyl groups is 1. The smallest absolute Gasteiger partial charge is 0.111 e. The summed E-state index contributed by atoms with van der Waals surface area (Å²) < 4.78 is 0. The van der Waals surface area contributed by atoms with E-state index in [1.54, 1.807) is 0 Å². The van der Waals surface area contributed by atoms with Crippen LogP contribution in [0.25, 0.3) is 0 Å². The second-order valence-corrected chi connectivity index (χ2v) is 5.24. The Balaban J connectivity index is 2.44. The molecule has 1 spiro atoms. The van der Waals surface area contributed by atoms with Gasteiger partial charge in [-0.25, -0.2) is 0 Å². The first-order chi connectivity index (χ1) is 7.60. The van der Waals surface area contributed by atoms with E-state index < -0.39 is 0 Å². The van der Waals surface area contributed by atoms with Gasteiger partial charge in [-0.05, 0) is 48.7 Å². The van der Waals surface area contributed by atoms with E-state index in [9.17, 15) is 5.11 Å². The first-order valence-corrected chi connectivity index (χ1v) is 6.41. The summed E-state index contributed by atoms with van der Waals surface area (Å²) in [6, 6.07) is 0. The van der Waals surface area contributed by atoms with Crippen molar-refractivity contribution >= 4 is 0 Å². The SMILES string of the molecule is C=C(O)C1=C(C(=C)CC)C2(CCCC2)CC1. The van der Waals surface area contributed by atoms with Gasteiger partial charge >= 0.3 is 0 Å². The minimum absolute atomic E-state index is 0.272. The van der Waals surface area contributed by atoms with Crippen LogP contribution in [0.1, 0.15) is 51.9 Å². The van der Waals surface area contributed by atoms with Crippen molar-refractivity contribution < 1.29 is 5.11 Å². The van der Waals surface area contributed by atoms with E-state index in [1.807, 2.05) is 0 Å². The Labute approximate surface area is 98.6 Å². The fourth-order valence-electron chi connectivity index (χ4n) is 3.54. The number of hydrogen-bond acceptors (Lipinski definition) is 1. The zero-order valence-electron chi connectivity index (χ0n) is 10.3. The highest BCUT2D eigenvalue weighted by molar-refractivity contribution is 5.48. The summed E-state index contributed by atoms with van der Waals surface area (Å²) in [5.74, 6) is 0.272. The van der Waals surface area contributed by atoms with Crippen LogP contribution >= 0.6 is 0 Å². The topological polar surface area (TPSA) is 20.2 Å². The molecule has 16 heavy (non-hydrogen) atoms.